The highest BCUT2D eigenvalue weighted by Gasteiger charge is 2.32. The SMILES string of the molecule is CCCNCC(CC)(CCC(C)(C)OC)c1ccccc1. The Morgan fingerprint density at radius 2 is 1.71 bits per heavy atom. The lowest BCUT2D eigenvalue weighted by Crippen LogP contribution is -2.40. The van der Waals surface area contributed by atoms with Gasteiger partial charge in [0.05, 0.1) is 5.60 Å². The van der Waals surface area contributed by atoms with Crippen LogP contribution >= 0.6 is 0 Å². The van der Waals surface area contributed by atoms with Crippen molar-refractivity contribution in [2.24, 2.45) is 0 Å². The molecular formula is C19H33NO. The molecule has 1 aromatic rings. The average molecular weight is 291 g/mol. The van der Waals surface area contributed by atoms with Gasteiger partial charge in [0, 0.05) is 19.1 Å². The Bertz CT molecular complexity index is 388. The molecular weight excluding hydrogens is 258 g/mol. The smallest absolute Gasteiger partial charge is 0.0623 e. The summed E-state index contributed by atoms with van der Waals surface area (Å²) < 4.78 is 5.62. The van der Waals surface area contributed by atoms with Crippen LogP contribution in [0.2, 0.25) is 0 Å². The lowest BCUT2D eigenvalue weighted by Gasteiger charge is -2.37. The second-order valence-electron chi connectivity index (χ2n) is 6.64. The number of nitrogens with one attached hydrogen (secondary N) is 1. The van der Waals surface area contributed by atoms with Gasteiger partial charge in [0.1, 0.15) is 0 Å². The molecule has 0 saturated heterocycles. The fraction of sp³-hybridized carbons (Fsp3) is 0.684. The normalized spacial score (nSPS) is 14.9. The van der Waals surface area contributed by atoms with Crippen LogP contribution in [0.15, 0.2) is 30.3 Å². The van der Waals surface area contributed by atoms with Gasteiger partial charge in [0.25, 0.3) is 0 Å². The summed E-state index contributed by atoms with van der Waals surface area (Å²) in [5, 5.41) is 3.64. The van der Waals surface area contributed by atoms with Crippen LogP contribution in [-0.2, 0) is 10.2 Å². The van der Waals surface area contributed by atoms with E-state index in [2.05, 4.69) is 63.3 Å². The van der Waals surface area contributed by atoms with E-state index in [1.54, 1.807) is 0 Å². The zero-order valence-corrected chi connectivity index (χ0v) is 14.5. The summed E-state index contributed by atoms with van der Waals surface area (Å²) in [4.78, 5) is 0. The van der Waals surface area contributed by atoms with E-state index in [4.69, 9.17) is 4.74 Å². The molecule has 0 amide bonds. The number of benzene rings is 1. The second kappa shape index (κ2) is 8.55. The van der Waals surface area contributed by atoms with Crippen molar-refractivity contribution in [1.82, 2.24) is 5.32 Å². The van der Waals surface area contributed by atoms with E-state index in [-0.39, 0.29) is 11.0 Å². The summed E-state index contributed by atoms with van der Waals surface area (Å²) in [7, 11) is 1.81. The molecule has 0 saturated carbocycles. The van der Waals surface area contributed by atoms with Crippen LogP contribution in [0.5, 0.6) is 0 Å². The van der Waals surface area contributed by atoms with Crippen molar-refractivity contribution >= 4 is 0 Å². The molecule has 0 aromatic heterocycles. The van der Waals surface area contributed by atoms with E-state index in [1.807, 2.05) is 7.11 Å². The second-order valence-corrected chi connectivity index (χ2v) is 6.64. The molecule has 0 aliphatic rings. The quantitative estimate of drug-likeness (QED) is 0.639. The zero-order chi connectivity index (χ0) is 15.8. The molecule has 1 atom stereocenters. The summed E-state index contributed by atoms with van der Waals surface area (Å²) >= 11 is 0. The van der Waals surface area contributed by atoms with E-state index in [0.717, 1.165) is 32.4 Å². The molecule has 0 bridgehead atoms. The third-order valence-corrected chi connectivity index (χ3v) is 4.71. The monoisotopic (exact) mass is 291 g/mol. The van der Waals surface area contributed by atoms with Gasteiger partial charge in [0.15, 0.2) is 0 Å². The maximum Gasteiger partial charge on any atom is 0.0623 e. The molecule has 0 spiro atoms. The van der Waals surface area contributed by atoms with Crippen LogP contribution in [0.4, 0.5) is 0 Å². The first-order valence-electron chi connectivity index (χ1n) is 8.31. The molecule has 120 valence electrons. The van der Waals surface area contributed by atoms with Gasteiger partial charge in [0.2, 0.25) is 0 Å². The van der Waals surface area contributed by atoms with Gasteiger partial charge in [-0.15, -0.1) is 0 Å². The van der Waals surface area contributed by atoms with Crippen molar-refractivity contribution in [2.45, 2.75) is 64.4 Å². The van der Waals surface area contributed by atoms with Crippen LogP contribution in [0.25, 0.3) is 0 Å². The average Bonchev–Trinajstić information content (AvgIpc) is 2.52. The summed E-state index contributed by atoms with van der Waals surface area (Å²) in [6.07, 6.45) is 4.54. The minimum Gasteiger partial charge on any atom is -0.379 e. The standard InChI is InChI=1S/C19H33NO/c1-6-15-20-16-19(7-2,14-13-18(3,4)21-5)17-11-9-8-10-12-17/h8-12,20H,6-7,13-16H2,1-5H3. The van der Waals surface area contributed by atoms with Crippen LogP contribution in [0, 0.1) is 0 Å². The van der Waals surface area contributed by atoms with Crippen molar-refractivity contribution in [1.29, 1.82) is 0 Å². The number of hydrogen-bond acceptors (Lipinski definition) is 2. The molecule has 21 heavy (non-hydrogen) atoms. The molecule has 0 aliphatic carbocycles. The fourth-order valence-electron chi connectivity index (χ4n) is 2.78. The van der Waals surface area contributed by atoms with Crippen LogP contribution in [0.1, 0.15) is 58.9 Å². The van der Waals surface area contributed by atoms with Crippen LogP contribution in [0.3, 0.4) is 0 Å². The van der Waals surface area contributed by atoms with Gasteiger partial charge in [-0.25, -0.2) is 0 Å². The van der Waals surface area contributed by atoms with Gasteiger partial charge < -0.3 is 10.1 Å². The van der Waals surface area contributed by atoms with Crippen molar-refractivity contribution in [3.63, 3.8) is 0 Å². The molecule has 0 radical (unpaired) electrons. The fourth-order valence-corrected chi connectivity index (χ4v) is 2.78. The Labute approximate surface area is 131 Å². The molecule has 2 nitrogen and oxygen atoms in total. The van der Waals surface area contributed by atoms with E-state index >= 15 is 0 Å². The van der Waals surface area contributed by atoms with Crippen molar-refractivity contribution < 1.29 is 4.74 Å². The molecule has 1 aromatic carbocycles. The van der Waals surface area contributed by atoms with E-state index in [0.29, 0.717) is 0 Å². The predicted octanol–water partition coefficient (Wildman–Crippen LogP) is 4.54. The highest BCUT2D eigenvalue weighted by Crippen LogP contribution is 2.35. The van der Waals surface area contributed by atoms with Crippen LogP contribution in [-0.4, -0.2) is 25.8 Å². The Morgan fingerprint density at radius 1 is 1.05 bits per heavy atom. The van der Waals surface area contributed by atoms with Crippen molar-refractivity contribution in [3.8, 4) is 0 Å². The summed E-state index contributed by atoms with van der Waals surface area (Å²) in [6.45, 7) is 11.0. The molecule has 1 rings (SSSR count). The number of ether oxygens (including phenoxy) is 1. The molecule has 0 aliphatic heterocycles. The maximum atomic E-state index is 5.62. The Hall–Kier alpha value is -0.860. The van der Waals surface area contributed by atoms with E-state index in [9.17, 15) is 0 Å². The zero-order valence-electron chi connectivity index (χ0n) is 14.5. The number of hydrogen-bond donors (Lipinski definition) is 1. The maximum absolute atomic E-state index is 5.62. The van der Waals surface area contributed by atoms with Crippen molar-refractivity contribution in [3.05, 3.63) is 35.9 Å². The summed E-state index contributed by atoms with van der Waals surface area (Å²) in [6, 6.07) is 11.0. The molecule has 1 unspecified atom stereocenters. The largest absolute Gasteiger partial charge is 0.379 e. The first kappa shape index (κ1) is 18.2. The van der Waals surface area contributed by atoms with Crippen molar-refractivity contribution in [2.75, 3.05) is 20.2 Å². The third-order valence-electron chi connectivity index (χ3n) is 4.71. The van der Waals surface area contributed by atoms with Gasteiger partial charge in [-0.1, -0.05) is 44.2 Å². The Balaban J connectivity index is 2.91. The molecule has 1 N–H and O–H groups in total. The first-order chi connectivity index (χ1) is 9.99. The minimum atomic E-state index is -0.0556. The van der Waals surface area contributed by atoms with Gasteiger partial charge in [-0.05, 0) is 51.6 Å². The molecule has 0 heterocycles. The minimum absolute atomic E-state index is 0.0556. The Morgan fingerprint density at radius 3 is 2.24 bits per heavy atom. The topological polar surface area (TPSA) is 21.3 Å². The third kappa shape index (κ3) is 5.44. The van der Waals surface area contributed by atoms with Crippen LogP contribution < -0.4 is 5.32 Å². The first-order valence-corrected chi connectivity index (χ1v) is 8.31. The molecule has 2 heteroatoms. The summed E-state index contributed by atoms with van der Waals surface area (Å²) in [5.41, 5.74) is 1.59. The number of methoxy groups -OCH3 is 1. The van der Waals surface area contributed by atoms with E-state index in [1.165, 1.54) is 12.0 Å². The van der Waals surface area contributed by atoms with E-state index < -0.39 is 0 Å². The lowest BCUT2D eigenvalue weighted by molar-refractivity contribution is 0.00821. The summed E-state index contributed by atoms with van der Waals surface area (Å²) in [5.74, 6) is 0. The lowest BCUT2D eigenvalue weighted by atomic mass is 9.72. The number of rotatable bonds is 10. The van der Waals surface area contributed by atoms with Gasteiger partial charge in [-0.2, -0.15) is 0 Å². The Kier molecular flexibility index (Phi) is 7.41. The highest BCUT2D eigenvalue weighted by molar-refractivity contribution is 5.26. The highest BCUT2D eigenvalue weighted by atomic mass is 16.5. The predicted molar refractivity (Wildman–Crippen MR) is 91.9 cm³/mol. The van der Waals surface area contributed by atoms with Gasteiger partial charge in [-0.3, -0.25) is 0 Å². The van der Waals surface area contributed by atoms with Gasteiger partial charge >= 0.3 is 0 Å². The molecule has 0 fully saturated rings.